The number of benzene rings is 4. The molecule has 0 aliphatic heterocycles. The number of rotatable bonds is 20. The maximum Gasteiger partial charge on any atom is 0.254 e. The topological polar surface area (TPSA) is 134 Å². The van der Waals surface area contributed by atoms with Crippen molar-refractivity contribution in [1.29, 1.82) is 0 Å². The second-order valence-electron chi connectivity index (χ2n) is 21.7. The molecule has 2 N–H and O–H groups in total. The van der Waals surface area contributed by atoms with Crippen LogP contribution in [0.2, 0.25) is 0 Å². The van der Waals surface area contributed by atoms with E-state index in [0.29, 0.717) is 11.1 Å². The van der Waals surface area contributed by atoms with Crippen LogP contribution in [-0.4, -0.2) is 96.0 Å². The third-order valence-corrected chi connectivity index (χ3v) is 14.3. The van der Waals surface area contributed by atoms with Crippen LogP contribution in [0.3, 0.4) is 0 Å². The molecule has 0 aliphatic carbocycles. The van der Waals surface area contributed by atoms with E-state index in [9.17, 15) is 29.4 Å². The van der Waals surface area contributed by atoms with Crippen LogP contribution in [0.25, 0.3) is 0 Å². The van der Waals surface area contributed by atoms with Crippen LogP contribution in [0.5, 0.6) is 11.5 Å². The number of aliphatic hydroxyl groups is 2. The van der Waals surface area contributed by atoms with Gasteiger partial charge in [-0.05, 0) is 147 Å². The van der Waals surface area contributed by atoms with Crippen molar-refractivity contribution >= 4 is 23.4 Å². The number of carbonyl (C=O) groups excluding carboxylic acids is 4. The van der Waals surface area contributed by atoms with Crippen molar-refractivity contribution in [2.45, 2.75) is 167 Å². The van der Waals surface area contributed by atoms with Crippen LogP contribution in [0.1, 0.15) is 181 Å². The Balaban J connectivity index is 0.000000480. The number of hydrogen-bond acceptors (Lipinski definition) is 8. The molecule has 4 aromatic carbocycles. The van der Waals surface area contributed by atoms with Crippen molar-refractivity contribution < 1.29 is 38.9 Å². The van der Waals surface area contributed by atoms with Crippen LogP contribution in [0.15, 0.2) is 72.8 Å². The number of aliphatic hydroxyl groups excluding tert-OH is 2. The summed E-state index contributed by atoms with van der Waals surface area (Å²) in [7, 11) is 3.32. The van der Waals surface area contributed by atoms with Crippen molar-refractivity contribution in [2.24, 2.45) is 10.8 Å². The highest BCUT2D eigenvalue weighted by molar-refractivity contribution is 5.98. The van der Waals surface area contributed by atoms with Gasteiger partial charge in [0, 0.05) is 36.1 Å². The van der Waals surface area contributed by atoms with E-state index in [4.69, 9.17) is 9.47 Å². The van der Waals surface area contributed by atoms with Crippen LogP contribution in [0.4, 0.5) is 0 Å². The molecule has 0 fully saturated rings. The van der Waals surface area contributed by atoms with Gasteiger partial charge in [0.05, 0.1) is 25.3 Å². The predicted molar refractivity (Wildman–Crippen MR) is 291 cm³/mol. The van der Waals surface area contributed by atoms with Gasteiger partial charge in [-0.1, -0.05) is 125 Å². The summed E-state index contributed by atoms with van der Waals surface area (Å²) in [4.78, 5) is 51.6. The average Bonchev–Trinajstić information content (AvgIpc) is 3.28. The van der Waals surface area contributed by atoms with Crippen molar-refractivity contribution in [3.8, 4) is 11.5 Å². The SMILES string of the molecule is C.CCC(CC)(c1ccc(OC[C@@H](O)C(C)(C)C)c(C)c1)c1ccc(C(=O)N(C)CC(C)=O)c(C)c1.CCC(CC)(c1ccc(OC[C@H](O)C(C)(C)C)c(C)c1)c1ccc(C(=O)N(C)CC(C)=O)c(C)c1. The molecule has 0 bridgehead atoms. The number of amides is 2. The first kappa shape index (κ1) is 61.8. The van der Waals surface area contributed by atoms with Crippen LogP contribution >= 0.6 is 0 Å². The minimum absolute atomic E-state index is 0. The Labute approximate surface area is 428 Å². The second-order valence-corrected chi connectivity index (χ2v) is 21.7. The molecule has 4 aromatic rings. The van der Waals surface area contributed by atoms with Gasteiger partial charge in [0.15, 0.2) is 0 Å². The average molecular weight is 979 g/mol. The number of carbonyl (C=O) groups is 4. The zero-order valence-electron chi connectivity index (χ0n) is 46.0. The smallest absolute Gasteiger partial charge is 0.254 e. The summed E-state index contributed by atoms with van der Waals surface area (Å²) in [5.41, 5.74) is 8.98. The Hall–Kier alpha value is -5.32. The van der Waals surface area contributed by atoms with E-state index in [1.807, 2.05) is 106 Å². The fourth-order valence-electron chi connectivity index (χ4n) is 9.15. The van der Waals surface area contributed by atoms with Crippen molar-refractivity contribution in [3.05, 3.63) is 128 Å². The molecular weight excluding hydrogens is 889 g/mol. The van der Waals surface area contributed by atoms with Crippen molar-refractivity contribution in [2.75, 3.05) is 40.4 Å². The third-order valence-electron chi connectivity index (χ3n) is 14.3. The fraction of sp³-hybridized carbons (Fsp3) is 0.541. The minimum Gasteiger partial charge on any atom is -0.491 e. The van der Waals surface area contributed by atoms with Crippen molar-refractivity contribution in [3.63, 3.8) is 0 Å². The standard InChI is InChI=1S/2C30H43NO4.CH4/c2*1-10-30(11-2,23-12-14-25(20(3)16-23)28(34)31(9)18-22(5)32)24-13-15-26(21(4)17-24)35-19-27(33)29(6,7)8;/h2*12-17,27,33H,10-11,18-19H2,1-9H3;1H4/t2*27-;/m10./s1. The molecule has 71 heavy (non-hydrogen) atoms. The van der Waals surface area contributed by atoms with Gasteiger partial charge < -0.3 is 29.5 Å². The molecule has 2 atom stereocenters. The van der Waals surface area contributed by atoms with Gasteiger partial charge in [-0.2, -0.15) is 0 Å². The molecule has 0 aliphatic rings. The summed E-state index contributed by atoms with van der Waals surface area (Å²) in [5, 5.41) is 20.7. The molecular formula is C61H90N2O8. The van der Waals surface area contributed by atoms with E-state index in [1.54, 1.807) is 14.1 Å². The highest BCUT2D eigenvalue weighted by atomic mass is 16.5. The zero-order chi connectivity index (χ0) is 53.1. The molecule has 10 heteroatoms. The Morgan fingerprint density at radius 1 is 0.493 bits per heavy atom. The number of likely N-dealkylation sites (N-methyl/N-ethyl adjacent to an activating group) is 2. The quantitative estimate of drug-likeness (QED) is 0.0894. The number of ether oxygens (including phenoxy) is 2. The highest BCUT2D eigenvalue weighted by Crippen LogP contribution is 2.43. The Bertz CT molecular complexity index is 2260. The summed E-state index contributed by atoms with van der Waals surface area (Å²) < 4.78 is 11.9. The number of hydrogen-bond donors (Lipinski definition) is 2. The molecule has 10 nitrogen and oxygen atoms in total. The fourth-order valence-corrected chi connectivity index (χ4v) is 9.15. The first-order chi connectivity index (χ1) is 32.5. The van der Waals surface area contributed by atoms with E-state index in [-0.39, 0.29) is 78.8 Å². The van der Waals surface area contributed by atoms with E-state index < -0.39 is 12.2 Å². The molecule has 4 rings (SSSR count). The van der Waals surface area contributed by atoms with E-state index in [2.05, 4.69) is 64.1 Å². The summed E-state index contributed by atoms with van der Waals surface area (Å²) in [6, 6.07) is 24.7. The molecule has 0 aromatic heterocycles. The first-order valence-electron chi connectivity index (χ1n) is 25.1. The van der Waals surface area contributed by atoms with Gasteiger partial charge >= 0.3 is 0 Å². The van der Waals surface area contributed by atoms with Gasteiger partial charge in [0.25, 0.3) is 11.8 Å². The molecule has 0 heterocycles. The monoisotopic (exact) mass is 979 g/mol. The first-order valence-corrected chi connectivity index (χ1v) is 25.1. The van der Waals surface area contributed by atoms with E-state index in [0.717, 1.165) is 59.4 Å². The van der Waals surface area contributed by atoms with Gasteiger partial charge in [-0.3, -0.25) is 19.2 Å². The van der Waals surface area contributed by atoms with Gasteiger partial charge in [0.2, 0.25) is 0 Å². The van der Waals surface area contributed by atoms with Crippen molar-refractivity contribution in [1.82, 2.24) is 9.80 Å². The summed E-state index contributed by atoms with van der Waals surface area (Å²) in [6.45, 7) is 32.4. The number of ketones is 2. The van der Waals surface area contributed by atoms with E-state index >= 15 is 0 Å². The summed E-state index contributed by atoms with van der Waals surface area (Å²) in [5.74, 6) is 1.20. The molecule has 0 unspecified atom stereocenters. The summed E-state index contributed by atoms with van der Waals surface area (Å²) in [6.07, 6.45) is 2.52. The normalized spacial score (nSPS) is 12.7. The lowest BCUT2D eigenvalue weighted by molar-refractivity contribution is -0.118. The third kappa shape index (κ3) is 15.3. The lowest BCUT2D eigenvalue weighted by Gasteiger charge is -2.34. The molecule has 2 amide bonds. The van der Waals surface area contributed by atoms with Crippen LogP contribution in [-0.2, 0) is 20.4 Å². The highest BCUT2D eigenvalue weighted by Gasteiger charge is 2.34. The minimum atomic E-state index is -0.550. The maximum absolute atomic E-state index is 12.9. The maximum atomic E-state index is 12.9. The molecule has 0 saturated heterocycles. The lowest BCUT2D eigenvalue weighted by Crippen LogP contribution is -2.32. The number of nitrogens with zero attached hydrogens (tertiary/aromatic N) is 2. The number of aryl methyl sites for hydroxylation is 4. The molecule has 0 saturated carbocycles. The van der Waals surface area contributed by atoms with Gasteiger partial charge in [-0.15, -0.1) is 0 Å². The van der Waals surface area contributed by atoms with Crippen LogP contribution < -0.4 is 9.47 Å². The molecule has 0 spiro atoms. The Morgan fingerprint density at radius 2 is 0.761 bits per heavy atom. The van der Waals surface area contributed by atoms with Gasteiger partial charge in [-0.25, -0.2) is 0 Å². The molecule has 0 radical (unpaired) electrons. The molecule has 392 valence electrons. The van der Waals surface area contributed by atoms with E-state index in [1.165, 1.54) is 45.9 Å². The zero-order valence-corrected chi connectivity index (χ0v) is 46.0. The van der Waals surface area contributed by atoms with Crippen LogP contribution in [0, 0.1) is 38.5 Å². The predicted octanol–water partition coefficient (Wildman–Crippen LogP) is 12.3. The number of Topliss-reactive ketones (excluding diaryl/α,β-unsaturated/α-hetero) is 2. The largest absolute Gasteiger partial charge is 0.491 e. The van der Waals surface area contributed by atoms with Gasteiger partial charge in [0.1, 0.15) is 36.3 Å². The summed E-state index contributed by atoms with van der Waals surface area (Å²) >= 11 is 0. The second kappa shape index (κ2) is 25.9. The lowest BCUT2D eigenvalue weighted by atomic mass is 9.70. The Kier molecular flexibility index (Phi) is 22.5. The Morgan fingerprint density at radius 3 is 0.986 bits per heavy atom.